The van der Waals surface area contributed by atoms with E-state index >= 15 is 0 Å². The molecule has 0 aromatic rings. The largest absolute Gasteiger partial charge is 0.376 e. The highest BCUT2D eigenvalue weighted by atomic mass is 28.3. The molecule has 0 saturated carbocycles. The molecule has 0 aromatic heterocycles. The van der Waals surface area contributed by atoms with Crippen LogP contribution in [0.25, 0.3) is 0 Å². The van der Waals surface area contributed by atoms with Gasteiger partial charge in [-0.3, -0.25) is 0 Å². The predicted octanol–water partition coefficient (Wildman–Crippen LogP) is 6.31. The van der Waals surface area contributed by atoms with E-state index in [1.165, 1.54) is 25.7 Å². The lowest BCUT2D eigenvalue weighted by Crippen LogP contribution is -2.44. The third kappa shape index (κ3) is 6.46. The normalized spacial score (nSPS) is 13.8. The van der Waals surface area contributed by atoms with Crippen molar-refractivity contribution in [1.82, 2.24) is 4.57 Å². The Kier molecular flexibility index (Phi) is 9.16. The minimum atomic E-state index is -1.36. The molecule has 0 aromatic carbocycles. The summed E-state index contributed by atoms with van der Waals surface area (Å²) in [6.45, 7) is 16.5. The van der Waals surface area contributed by atoms with E-state index in [1.54, 1.807) is 11.4 Å². The molecule has 112 valence electrons. The van der Waals surface area contributed by atoms with Crippen LogP contribution in [0, 0.1) is 0 Å². The van der Waals surface area contributed by atoms with E-state index in [2.05, 4.69) is 64.1 Å². The second-order valence-corrected chi connectivity index (χ2v) is 11.0. The van der Waals surface area contributed by atoms with Crippen LogP contribution in [0.2, 0.25) is 19.6 Å². The van der Waals surface area contributed by atoms with Crippen molar-refractivity contribution in [3.05, 3.63) is 23.5 Å². The minimum absolute atomic E-state index is 1.14. The van der Waals surface area contributed by atoms with Crippen LogP contribution in [-0.2, 0) is 0 Å². The van der Waals surface area contributed by atoms with E-state index < -0.39 is 8.24 Å². The number of hydrogen-bond acceptors (Lipinski definition) is 1. The van der Waals surface area contributed by atoms with Crippen molar-refractivity contribution < 1.29 is 0 Å². The van der Waals surface area contributed by atoms with Gasteiger partial charge in [-0.1, -0.05) is 72.3 Å². The van der Waals surface area contributed by atoms with E-state index in [-0.39, 0.29) is 0 Å². The molecular weight excluding hydrogens is 246 g/mol. The lowest BCUT2D eigenvalue weighted by atomic mass is 10.1. The highest BCUT2D eigenvalue weighted by Gasteiger charge is 2.27. The van der Waals surface area contributed by atoms with Crippen LogP contribution in [0.4, 0.5) is 0 Å². The zero-order chi connectivity index (χ0) is 14.9. The monoisotopic (exact) mass is 281 g/mol. The molecule has 0 aliphatic rings. The lowest BCUT2D eigenvalue weighted by Gasteiger charge is -2.40. The van der Waals surface area contributed by atoms with E-state index in [9.17, 15) is 0 Å². The highest BCUT2D eigenvalue weighted by molar-refractivity contribution is 6.74. The molecule has 0 bridgehead atoms. The number of nitrogens with zero attached hydrogens (tertiary/aromatic N) is 1. The fourth-order valence-corrected chi connectivity index (χ4v) is 4.77. The van der Waals surface area contributed by atoms with Crippen molar-refractivity contribution in [1.29, 1.82) is 0 Å². The molecule has 0 amide bonds. The summed E-state index contributed by atoms with van der Waals surface area (Å²) in [5.74, 6) is 0. The van der Waals surface area contributed by atoms with Gasteiger partial charge in [0.25, 0.3) is 0 Å². The van der Waals surface area contributed by atoms with Gasteiger partial charge in [-0.2, -0.15) is 0 Å². The van der Waals surface area contributed by atoms with Crippen molar-refractivity contribution in [3.63, 3.8) is 0 Å². The Labute approximate surface area is 122 Å². The van der Waals surface area contributed by atoms with E-state index in [4.69, 9.17) is 0 Å². The quantitative estimate of drug-likeness (QED) is 0.447. The van der Waals surface area contributed by atoms with Crippen LogP contribution in [0.15, 0.2) is 23.5 Å². The molecule has 0 unspecified atom stereocenters. The molecule has 2 heteroatoms. The molecule has 0 aliphatic heterocycles. The summed E-state index contributed by atoms with van der Waals surface area (Å²) in [5, 5.41) is 0. The van der Waals surface area contributed by atoms with E-state index in [1.807, 2.05) is 0 Å². The van der Waals surface area contributed by atoms with Gasteiger partial charge in [-0.15, -0.1) is 0 Å². The van der Waals surface area contributed by atoms with E-state index in [0.717, 1.165) is 12.8 Å². The van der Waals surface area contributed by atoms with Crippen LogP contribution in [0.5, 0.6) is 0 Å². The number of rotatable bonds is 9. The SMILES string of the molecule is CC/C=C(/CCC)N(/C(=C/CC)CCC)[Si](C)(C)C. The minimum Gasteiger partial charge on any atom is -0.376 e. The van der Waals surface area contributed by atoms with Gasteiger partial charge >= 0.3 is 0 Å². The Morgan fingerprint density at radius 3 is 1.37 bits per heavy atom. The first-order valence-electron chi connectivity index (χ1n) is 8.10. The first-order valence-corrected chi connectivity index (χ1v) is 11.5. The Morgan fingerprint density at radius 2 is 1.16 bits per heavy atom. The third-order valence-corrected chi connectivity index (χ3v) is 5.05. The Morgan fingerprint density at radius 1 is 0.789 bits per heavy atom. The summed E-state index contributed by atoms with van der Waals surface area (Å²) in [7, 11) is -1.36. The lowest BCUT2D eigenvalue weighted by molar-refractivity contribution is 0.551. The molecule has 0 fully saturated rings. The standard InChI is InChI=1S/C17H35NSi/c1-8-12-16(13-9-2)18(19(5,6)7)17(14-10-3)15-11-4/h12,14H,8-11,13,15H2,1-7H3/b16-12-,17-14+. The summed E-state index contributed by atoms with van der Waals surface area (Å²) in [6, 6.07) is 0. The van der Waals surface area contributed by atoms with Crippen LogP contribution < -0.4 is 0 Å². The van der Waals surface area contributed by atoms with Crippen LogP contribution in [-0.4, -0.2) is 12.8 Å². The highest BCUT2D eigenvalue weighted by Crippen LogP contribution is 2.29. The summed E-state index contributed by atoms with van der Waals surface area (Å²) in [6.07, 6.45) is 12.1. The van der Waals surface area contributed by atoms with Crippen LogP contribution in [0.1, 0.15) is 66.2 Å². The zero-order valence-corrected chi connectivity index (χ0v) is 15.3. The molecule has 0 radical (unpaired) electrons. The topological polar surface area (TPSA) is 3.24 Å². The summed E-state index contributed by atoms with van der Waals surface area (Å²) in [4.78, 5) is 0. The van der Waals surface area contributed by atoms with Gasteiger partial charge in [0, 0.05) is 11.4 Å². The first kappa shape index (κ1) is 18.5. The Bertz CT molecular complexity index is 273. The maximum Gasteiger partial charge on any atom is 0.152 e. The molecule has 0 spiro atoms. The maximum absolute atomic E-state index is 2.73. The smallest absolute Gasteiger partial charge is 0.152 e. The summed E-state index contributed by atoms with van der Waals surface area (Å²) in [5.41, 5.74) is 3.13. The molecule has 19 heavy (non-hydrogen) atoms. The summed E-state index contributed by atoms with van der Waals surface area (Å²) < 4.78 is 2.73. The van der Waals surface area contributed by atoms with E-state index in [0.29, 0.717) is 0 Å². The summed E-state index contributed by atoms with van der Waals surface area (Å²) >= 11 is 0. The zero-order valence-electron chi connectivity index (χ0n) is 14.3. The fraction of sp³-hybridized carbons (Fsp3) is 0.765. The molecule has 0 aliphatic carbocycles. The van der Waals surface area contributed by atoms with Crippen LogP contribution in [0.3, 0.4) is 0 Å². The van der Waals surface area contributed by atoms with Crippen LogP contribution >= 0.6 is 0 Å². The van der Waals surface area contributed by atoms with Crippen molar-refractivity contribution in [3.8, 4) is 0 Å². The molecule has 0 rings (SSSR count). The van der Waals surface area contributed by atoms with Gasteiger partial charge in [0.1, 0.15) is 0 Å². The molecule has 0 atom stereocenters. The second kappa shape index (κ2) is 9.41. The Hall–Kier alpha value is -0.503. The van der Waals surface area contributed by atoms with Gasteiger partial charge < -0.3 is 4.57 Å². The molecule has 0 N–H and O–H groups in total. The van der Waals surface area contributed by atoms with Crippen molar-refractivity contribution in [2.45, 2.75) is 85.9 Å². The number of hydrogen-bond donors (Lipinski definition) is 0. The van der Waals surface area contributed by atoms with Gasteiger partial charge in [-0.05, 0) is 25.7 Å². The maximum atomic E-state index is 2.73. The average molecular weight is 282 g/mol. The predicted molar refractivity (Wildman–Crippen MR) is 91.7 cm³/mol. The second-order valence-electron chi connectivity index (χ2n) is 6.21. The first-order chi connectivity index (χ1) is 8.92. The van der Waals surface area contributed by atoms with Gasteiger partial charge in [0.2, 0.25) is 0 Å². The molecule has 1 nitrogen and oxygen atoms in total. The van der Waals surface area contributed by atoms with Crippen molar-refractivity contribution in [2.75, 3.05) is 0 Å². The molecule has 0 heterocycles. The molecular formula is C17H35NSi. The molecule has 0 saturated heterocycles. The van der Waals surface area contributed by atoms with Gasteiger partial charge in [0.05, 0.1) is 0 Å². The average Bonchev–Trinajstić information content (AvgIpc) is 2.28. The van der Waals surface area contributed by atoms with Crippen molar-refractivity contribution in [2.24, 2.45) is 0 Å². The third-order valence-electron chi connectivity index (χ3n) is 3.14. The van der Waals surface area contributed by atoms with Gasteiger partial charge in [0.15, 0.2) is 8.24 Å². The van der Waals surface area contributed by atoms with Crippen molar-refractivity contribution >= 4 is 8.24 Å². The number of allylic oxidation sites excluding steroid dienone is 4. The Balaban J connectivity index is 5.51. The fourth-order valence-electron chi connectivity index (χ4n) is 2.64. The van der Waals surface area contributed by atoms with Gasteiger partial charge in [-0.25, -0.2) is 0 Å².